The van der Waals surface area contributed by atoms with Crippen LogP contribution in [0.1, 0.15) is 0 Å². The van der Waals surface area contributed by atoms with Gasteiger partial charge >= 0.3 is 0 Å². The van der Waals surface area contributed by atoms with Crippen LogP contribution >= 0.6 is 0 Å². The van der Waals surface area contributed by atoms with E-state index in [4.69, 9.17) is 9.47 Å². The zero-order valence-electron chi connectivity index (χ0n) is 10.8. The Hall–Kier alpha value is -1.73. The van der Waals surface area contributed by atoms with Crippen LogP contribution in [-0.2, 0) is 9.53 Å². The van der Waals surface area contributed by atoms with Crippen molar-refractivity contribution < 1.29 is 23.0 Å². The number of anilines is 1. The average Bonchev–Trinajstić information content (AvgIpc) is 2.47. The molecule has 2 N–H and O–H groups in total. The van der Waals surface area contributed by atoms with Gasteiger partial charge in [-0.15, -0.1) is 0 Å². The molecule has 1 fully saturated rings. The van der Waals surface area contributed by atoms with Crippen LogP contribution in [0.2, 0.25) is 0 Å². The van der Waals surface area contributed by atoms with Gasteiger partial charge in [0.05, 0.1) is 12.3 Å². The Morgan fingerprint density at radius 2 is 2.30 bits per heavy atom. The van der Waals surface area contributed by atoms with Gasteiger partial charge in [0, 0.05) is 13.1 Å². The van der Waals surface area contributed by atoms with E-state index in [1.807, 2.05) is 0 Å². The Morgan fingerprint density at radius 3 is 3.00 bits per heavy atom. The smallest absolute Gasteiger partial charge is 0.272 e. The lowest BCUT2D eigenvalue weighted by atomic mass is 10.2. The fourth-order valence-corrected chi connectivity index (χ4v) is 1.80. The van der Waals surface area contributed by atoms with E-state index in [9.17, 15) is 13.6 Å². The van der Waals surface area contributed by atoms with Crippen LogP contribution < -0.4 is 15.4 Å². The van der Waals surface area contributed by atoms with E-state index in [0.29, 0.717) is 25.4 Å². The van der Waals surface area contributed by atoms with Gasteiger partial charge in [0.25, 0.3) is 12.3 Å². The van der Waals surface area contributed by atoms with Crippen LogP contribution in [0.3, 0.4) is 0 Å². The highest BCUT2D eigenvalue weighted by atomic mass is 19.3. The third-order valence-electron chi connectivity index (χ3n) is 2.73. The molecule has 110 valence electrons. The molecule has 1 saturated heterocycles. The maximum atomic E-state index is 12.2. The summed E-state index contributed by atoms with van der Waals surface area (Å²) in [6.07, 6.45) is -3.16. The molecule has 7 heteroatoms. The van der Waals surface area contributed by atoms with Crippen LogP contribution in [0.15, 0.2) is 24.3 Å². The molecular weight excluding hydrogens is 270 g/mol. The van der Waals surface area contributed by atoms with Crippen molar-refractivity contribution in [2.45, 2.75) is 12.5 Å². The number of carbonyl (C=O) groups excluding carboxylic acids is 1. The van der Waals surface area contributed by atoms with Gasteiger partial charge < -0.3 is 20.1 Å². The fraction of sp³-hybridized carbons (Fsp3) is 0.462. The molecule has 0 radical (unpaired) electrons. The number of alkyl halides is 2. The van der Waals surface area contributed by atoms with Gasteiger partial charge in [-0.25, -0.2) is 8.78 Å². The molecular formula is C13H16F2N2O3. The Morgan fingerprint density at radius 1 is 1.50 bits per heavy atom. The first-order valence-corrected chi connectivity index (χ1v) is 6.30. The van der Waals surface area contributed by atoms with Crippen molar-refractivity contribution >= 4 is 11.6 Å². The number of nitrogens with one attached hydrogen (secondary N) is 2. The monoisotopic (exact) mass is 286 g/mol. The SMILES string of the molecule is O=C(Nc1ccccc1OCC(F)F)C1CNCCO1. The number of para-hydroxylation sites is 2. The van der Waals surface area contributed by atoms with Crippen molar-refractivity contribution in [3.8, 4) is 5.75 Å². The third kappa shape index (κ3) is 4.14. The van der Waals surface area contributed by atoms with Crippen molar-refractivity contribution in [3.63, 3.8) is 0 Å². The first-order valence-electron chi connectivity index (χ1n) is 6.30. The van der Waals surface area contributed by atoms with E-state index in [2.05, 4.69) is 10.6 Å². The molecule has 1 aromatic rings. The van der Waals surface area contributed by atoms with Crippen LogP contribution in [0.5, 0.6) is 5.75 Å². The molecule has 1 amide bonds. The standard InChI is InChI=1S/C13H16F2N2O3/c14-12(15)8-20-10-4-2-1-3-9(10)17-13(18)11-7-16-5-6-19-11/h1-4,11-12,16H,5-8H2,(H,17,18). The van der Waals surface area contributed by atoms with E-state index in [0.717, 1.165) is 0 Å². The Balaban J connectivity index is 1.98. The number of carbonyl (C=O) groups is 1. The molecule has 1 aromatic carbocycles. The number of hydrogen-bond donors (Lipinski definition) is 2. The molecule has 1 aliphatic heterocycles. The second-order valence-corrected chi connectivity index (χ2v) is 4.25. The molecule has 1 atom stereocenters. The van der Waals surface area contributed by atoms with Gasteiger partial charge in [-0.05, 0) is 12.1 Å². The van der Waals surface area contributed by atoms with Gasteiger partial charge in [-0.2, -0.15) is 0 Å². The van der Waals surface area contributed by atoms with Crippen LogP contribution in [-0.4, -0.2) is 44.7 Å². The first kappa shape index (κ1) is 14.7. The van der Waals surface area contributed by atoms with Crippen LogP contribution in [0.25, 0.3) is 0 Å². The molecule has 0 spiro atoms. The highest BCUT2D eigenvalue weighted by Crippen LogP contribution is 2.24. The first-order chi connectivity index (χ1) is 9.66. The van der Waals surface area contributed by atoms with Crippen molar-refractivity contribution in [1.82, 2.24) is 5.32 Å². The van der Waals surface area contributed by atoms with Gasteiger partial charge in [0.1, 0.15) is 18.5 Å². The summed E-state index contributed by atoms with van der Waals surface area (Å²) in [7, 11) is 0. The number of morpholine rings is 1. The molecule has 1 unspecified atom stereocenters. The molecule has 20 heavy (non-hydrogen) atoms. The van der Waals surface area contributed by atoms with Gasteiger partial charge in [-0.3, -0.25) is 4.79 Å². The predicted molar refractivity (Wildman–Crippen MR) is 69.2 cm³/mol. The van der Waals surface area contributed by atoms with Gasteiger partial charge in [-0.1, -0.05) is 12.1 Å². The number of benzene rings is 1. The highest BCUT2D eigenvalue weighted by molar-refractivity contribution is 5.95. The summed E-state index contributed by atoms with van der Waals surface area (Å²) in [6.45, 7) is 0.875. The van der Waals surface area contributed by atoms with Gasteiger partial charge in [0.15, 0.2) is 0 Å². The number of ether oxygens (including phenoxy) is 2. The molecule has 5 nitrogen and oxygen atoms in total. The van der Waals surface area contributed by atoms with E-state index >= 15 is 0 Å². The van der Waals surface area contributed by atoms with Crippen molar-refractivity contribution in [2.75, 3.05) is 31.6 Å². The summed E-state index contributed by atoms with van der Waals surface area (Å²) in [6, 6.07) is 6.45. The molecule has 0 bridgehead atoms. The lowest BCUT2D eigenvalue weighted by Gasteiger charge is -2.23. The molecule has 1 aliphatic rings. The summed E-state index contributed by atoms with van der Waals surface area (Å²) < 4.78 is 34.6. The van der Waals surface area contributed by atoms with E-state index < -0.39 is 19.1 Å². The molecule has 0 saturated carbocycles. The minimum absolute atomic E-state index is 0.213. The lowest BCUT2D eigenvalue weighted by Crippen LogP contribution is -2.45. The average molecular weight is 286 g/mol. The molecule has 0 aromatic heterocycles. The van der Waals surface area contributed by atoms with E-state index in [1.54, 1.807) is 18.2 Å². The van der Waals surface area contributed by atoms with Crippen molar-refractivity contribution in [2.24, 2.45) is 0 Å². The summed E-state index contributed by atoms with van der Waals surface area (Å²) in [5, 5.41) is 5.67. The second-order valence-electron chi connectivity index (χ2n) is 4.25. The quantitative estimate of drug-likeness (QED) is 0.855. The summed E-state index contributed by atoms with van der Waals surface area (Å²) >= 11 is 0. The minimum Gasteiger partial charge on any atom is -0.485 e. The topological polar surface area (TPSA) is 59.6 Å². The Labute approximate surface area is 115 Å². The molecule has 0 aliphatic carbocycles. The normalized spacial score (nSPS) is 18.9. The van der Waals surface area contributed by atoms with Crippen LogP contribution in [0.4, 0.5) is 14.5 Å². The highest BCUT2D eigenvalue weighted by Gasteiger charge is 2.22. The zero-order valence-corrected chi connectivity index (χ0v) is 10.8. The van der Waals surface area contributed by atoms with Crippen LogP contribution in [0, 0.1) is 0 Å². The largest absolute Gasteiger partial charge is 0.485 e. The number of halogens is 2. The summed E-state index contributed by atoms with van der Waals surface area (Å²) in [4.78, 5) is 12.0. The number of hydrogen-bond acceptors (Lipinski definition) is 4. The fourth-order valence-electron chi connectivity index (χ4n) is 1.80. The maximum absolute atomic E-state index is 12.2. The summed E-state index contributed by atoms with van der Waals surface area (Å²) in [5.41, 5.74) is 0.354. The van der Waals surface area contributed by atoms with E-state index in [1.165, 1.54) is 6.07 Å². The summed E-state index contributed by atoms with van der Waals surface area (Å²) in [5.74, 6) is -0.116. The van der Waals surface area contributed by atoms with Crippen molar-refractivity contribution in [3.05, 3.63) is 24.3 Å². The minimum atomic E-state index is -2.57. The number of amides is 1. The second kappa shape index (κ2) is 7.16. The predicted octanol–water partition coefficient (Wildman–Crippen LogP) is 1.26. The Kier molecular flexibility index (Phi) is 5.25. The third-order valence-corrected chi connectivity index (χ3v) is 2.73. The van der Waals surface area contributed by atoms with Gasteiger partial charge in [0.2, 0.25) is 0 Å². The van der Waals surface area contributed by atoms with E-state index in [-0.39, 0.29) is 11.7 Å². The zero-order chi connectivity index (χ0) is 14.4. The number of rotatable bonds is 5. The maximum Gasteiger partial charge on any atom is 0.272 e. The molecule has 2 rings (SSSR count). The molecule has 1 heterocycles. The van der Waals surface area contributed by atoms with Crippen molar-refractivity contribution in [1.29, 1.82) is 0 Å². The lowest BCUT2D eigenvalue weighted by molar-refractivity contribution is -0.128. The Bertz CT molecular complexity index is 451.